The number of para-hydroxylation sites is 1. The van der Waals surface area contributed by atoms with Gasteiger partial charge < -0.3 is 4.74 Å². The second-order valence-corrected chi connectivity index (χ2v) is 10.5. The second kappa shape index (κ2) is 9.97. The zero-order chi connectivity index (χ0) is 22.8. The SMILES string of the molecule is C=C[C@@H]1CN2CCC1CC2[C@H](OC(=O)C1CCC(CCC)CC1)c1ccnc2ccccc12. The third kappa shape index (κ3) is 4.59. The molecule has 0 radical (unpaired) electrons. The van der Waals surface area contributed by atoms with Crippen molar-refractivity contribution in [1.82, 2.24) is 9.88 Å². The molecule has 0 N–H and O–H groups in total. The van der Waals surface area contributed by atoms with E-state index in [1.807, 2.05) is 18.3 Å². The molecule has 3 saturated heterocycles. The lowest BCUT2D eigenvalue weighted by atomic mass is 9.73. The standard InChI is InChI=1S/C29H38N2O2/c1-3-7-20-10-12-22(13-11-20)29(32)33-28(25-14-16-30-26-9-6-5-8-24(25)26)27-18-23-15-17-31(27)19-21(23)4-2/h4-6,8-9,14,16,20-23,27-28H,2-3,7,10-13,15,17-19H2,1H3/t20?,21-,22?,23?,27?,28-/m1/s1. The molecule has 3 unspecified atom stereocenters. The molecular weight excluding hydrogens is 408 g/mol. The van der Waals surface area contributed by atoms with Gasteiger partial charge in [-0.1, -0.05) is 44.0 Å². The molecule has 2 aromatic rings. The molecular formula is C29H38N2O2. The number of pyridine rings is 1. The minimum absolute atomic E-state index is 0.0127. The summed E-state index contributed by atoms with van der Waals surface area (Å²) in [4.78, 5) is 20.6. The molecule has 5 atom stereocenters. The minimum atomic E-state index is -0.243. The van der Waals surface area contributed by atoms with Crippen LogP contribution in [0.5, 0.6) is 0 Å². The van der Waals surface area contributed by atoms with Crippen LogP contribution in [0.4, 0.5) is 0 Å². The molecule has 176 valence electrons. The number of ether oxygens (including phenoxy) is 1. The van der Waals surface area contributed by atoms with E-state index >= 15 is 0 Å². The van der Waals surface area contributed by atoms with Crippen molar-refractivity contribution in [2.45, 2.75) is 70.4 Å². The highest BCUT2D eigenvalue weighted by atomic mass is 16.5. The smallest absolute Gasteiger partial charge is 0.309 e. The minimum Gasteiger partial charge on any atom is -0.456 e. The number of hydrogen-bond acceptors (Lipinski definition) is 4. The molecule has 1 saturated carbocycles. The molecule has 1 aromatic carbocycles. The largest absolute Gasteiger partial charge is 0.456 e. The van der Waals surface area contributed by atoms with Gasteiger partial charge in [-0.3, -0.25) is 14.7 Å². The lowest BCUT2D eigenvalue weighted by Gasteiger charge is -2.51. The Kier molecular flexibility index (Phi) is 6.82. The first-order valence-electron chi connectivity index (χ1n) is 13.1. The van der Waals surface area contributed by atoms with Crippen LogP contribution in [0.3, 0.4) is 0 Å². The van der Waals surface area contributed by atoms with Crippen molar-refractivity contribution >= 4 is 16.9 Å². The Labute approximate surface area is 198 Å². The van der Waals surface area contributed by atoms with E-state index in [0.717, 1.165) is 67.6 Å². The molecule has 4 heteroatoms. The first kappa shape index (κ1) is 22.6. The summed E-state index contributed by atoms with van der Waals surface area (Å²) in [7, 11) is 0. The molecule has 2 bridgehead atoms. The van der Waals surface area contributed by atoms with Gasteiger partial charge in [-0.15, -0.1) is 6.58 Å². The number of nitrogens with zero attached hydrogens (tertiary/aromatic N) is 2. The number of carbonyl (C=O) groups is 1. The van der Waals surface area contributed by atoms with Gasteiger partial charge in [-0.25, -0.2) is 0 Å². The summed E-state index contributed by atoms with van der Waals surface area (Å²) in [5.74, 6) is 2.03. The van der Waals surface area contributed by atoms with Crippen LogP contribution in [-0.2, 0) is 9.53 Å². The van der Waals surface area contributed by atoms with Gasteiger partial charge in [0.05, 0.1) is 17.5 Å². The number of benzene rings is 1. The van der Waals surface area contributed by atoms with Gasteiger partial charge in [0.2, 0.25) is 0 Å². The van der Waals surface area contributed by atoms with Crippen LogP contribution in [0.1, 0.15) is 70.0 Å². The van der Waals surface area contributed by atoms with Crippen LogP contribution in [0.2, 0.25) is 0 Å². The van der Waals surface area contributed by atoms with E-state index in [9.17, 15) is 4.79 Å². The van der Waals surface area contributed by atoms with E-state index in [4.69, 9.17) is 4.74 Å². The van der Waals surface area contributed by atoms with Gasteiger partial charge in [0.25, 0.3) is 0 Å². The van der Waals surface area contributed by atoms with Crippen LogP contribution in [0.25, 0.3) is 10.9 Å². The maximum atomic E-state index is 13.5. The third-order valence-corrected chi connectivity index (χ3v) is 8.61. The van der Waals surface area contributed by atoms with E-state index < -0.39 is 0 Å². The normalized spacial score (nSPS) is 32.4. The average Bonchev–Trinajstić information content (AvgIpc) is 2.87. The van der Waals surface area contributed by atoms with Gasteiger partial charge in [0.1, 0.15) is 6.10 Å². The summed E-state index contributed by atoms with van der Waals surface area (Å²) in [6.45, 7) is 8.45. The highest BCUT2D eigenvalue weighted by Gasteiger charge is 2.44. The number of fused-ring (bicyclic) bond motifs is 4. The van der Waals surface area contributed by atoms with Crippen molar-refractivity contribution in [1.29, 1.82) is 0 Å². The Hall–Kier alpha value is -2.20. The Balaban J connectivity index is 1.41. The van der Waals surface area contributed by atoms with Gasteiger partial charge in [0.15, 0.2) is 0 Å². The molecule has 4 nitrogen and oxygen atoms in total. The summed E-state index contributed by atoms with van der Waals surface area (Å²) >= 11 is 0. The molecule has 4 fully saturated rings. The first-order chi connectivity index (χ1) is 16.2. The van der Waals surface area contributed by atoms with E-state index in [1.54, 1.807) is 0 Å². The molecule has 6 rings (SSSR count). The van der Waals surface area contributed by atoms with Crippen LogP contribution >= 0.6 is 0 Å². The maximum absolute atomic E-state index is 13.5. The van der Waals surface area contributed by atoms with Crippen LogP contribution in [0, 0.1) is 23.7 Å². The monoisotopic (exact) mass is 446 g/mol. The predicted octanol–water partition coefficient (Wildman–Crippen LogP) is 6.32. The van der Waals surface area contributed by atoms with Crippen molar-refractivity contribution in [3.8, 4) is 0 Å². The van der Waals surface area contributed by atoms with Crippen molar-refractivity contribution in [3.05, 3.63) is 54.7 Å². The summed E-state index contributed by atoms with van der Waals surface area (Å²) in [5, 5.41) is 1.10. The molecule has 1 aromatic heterocycles. The molecule has 0 amide bonds. The second-order valence-electron chi connectivity index (χ2n) is 10.5. The van der Waals surface area contributed by atoms with Crippen LogP contribution in [0.15, 0.2) is 49.2 Å². The maximum Gasteiger partial charge on any atom is 0.309 e. The average molecular weight is 447 g/mol. The van der Waals surface area contributed by atoms with Gasteiger partial charge in [-0.05, 0) is 75.0 Å². The Morgan fingerprint density at radius 3 is 2.76 bits per heavy atom. The molecule has 33 heavy (non-hydrogen) atoms. The number of rotatable bonds is 7. The summed E-state index contributed by atoms with van der Waals surface area (Å²) in [6.07, 6.45) is 12.8. The molecule has 4 heterocycles. The highest BCUT2D eigenvalue weighted by Crippen LogP contribution is 2.44. The van der Waals surface area contributed by atoms with E-state index in [2.05, 4.69) is 47.7 Å². The van der Waals surface area contributed by atoms with Gasteiger partial charge in [-0.2, -0.15) is 0 Å². The summed E-state index contributed by atoms with van der Waals surface area (Å²) < 4.78 is 6.51. The first-order valence-corrected chi connectivity index (χ1v) is 13.1. The summed E-state index contributed by atoms with van der Waals surface area (Å²) in [6, 6.07) is 10.6. The Morgan fingerprint density at radius 1 is 1.21 bits per heavy atom. The summed E-state index contributed by atoms with van der Waals surface area (Å²) in [5.41, 5.74) is 2.08. The number of carbonyl (C=O) groups excluding carboxylic acids is 1. The van der Waals surface area contributed by atoms with Gasteiger partial charge in [0, 0.05) is 23.7 Å². The fourth-order valence-electron chi connectivity index (χ4n) is 6.72. The van der Waals surface area contributed by atoms with Crippen LogP contribution < -0.4 is 0 Å². The topological polar surface area (TPSA) is 42.4 Å². The lowest BCUT2D eigenvalue weighted by molar-refractivity contribution is -0.163. The number of aromatic nitrogens is 1. The zero-order valence-corrected chi connectivity index (χ0v) is 20.0. The molecule has 1 aliphatic carbocycles. The third-order valence-electron chi connectivity index (χ3n) is 8.61. The van der Waals surface area contributed by atoms with Crippen molar-refractivity contribution < 1.29 is 9.53 Å². The molecule has 0 spiro atoms. The molecule has 3 aliphatic heterocycles. The quantitative estimate of drug-likeness (QED) is 0.369. The van der Waals surface area contributed by atoms with Crippen molar-refractivity contribution in [3.63, 3.8) is 0 Å². The van der Waals surface area contributed by atoms with Crippen molar-refractivity contribution in [2.75, 3.05) is 13.1 Å². The lowest BCUT2D eigenvalue weighted by Crippen LogP contribution is -2.55. The zero-order valence-electron chi connectivity index (χ0n) is 20.0. The Bertz CT molecular complexity index is 975. The fourth-order valence-corrected chi connectivity index (χ4v) is 6.72. The van der Waals surface area contributed by atoms with Crippen LogP contribution in [-0.4, -0.2) is 35.0 Å². The van der Waals surface area contributed by atoms with Crippen molar-refractivity contribution in [2.24, 2.45) is 23.7 Å². The molecule has 4 aliphatic rings. The Morgan fingerprint density at radius 2 is 2.03 bits per heavy atom. The van der Waals surface area contributed by atoms with E-state index in [1.165, 1.54) is 19.3 Å². The highest BCUT2D eigenvalue weighted by molar-refractivity contribution is 5.83. The van der Waals surface area contributed by atoms with E-state index in [0.29, 0.717) is 11.8 Å². The van der Waals surface area contributed by atoms with Gasteiger partial charge >= 0.3 is 5.97 Å². The number of piperidine rings is 3. The number of esters is 1. The fraction of sp³-hybridized carbons (Fsp3) is 0.586. The number of hydrogen-bond donors (Lipinski definition) is 0. The van der Waals surface area contributed by atoms with E-state index in [-0.39, 0.29) is 24.0 Å². The predicted molar refractivity (Wildman–Crippen MR) is 133 cm³/mol.